The van der Waals surface area contributed by atoms with E-state index in [0.717, 1.165) is 12.1 Å². The number of pyridine rings is 1. The third-order valence-corrected chi connectivity index (χ3v) is 7.43. The summed E-state index contributed by atoms with van der Waals surface area (Å²) in [7, 11) is -1.67. The van der Waals surface area contributed by atoms with Crippen molar-refractivity contribution < 1.29 is 26.7 Å². The highest BCUT2D eigenvalue weighted by molar-refractivity contribution is 7.92. The van der Waals surface area contributed by atoms with Gasteiger partial charge in [-0.1, -0.05) is 6.07 Å². The van der Waals surface area contributed by atoms with Crippen molar-refractivity contribution in [3.63, 3.8) is 0 Å². The smallest absolute Gasteiger partial charge is 0.267 e. The monoisotopic (exact) mass is 565 g/mol. The minimum absolute atomic E-state index is 0.00810. The second-order valence-corrected chi connectivity index (χ2v) is 10.2. The Morgan fingerprint density at radius 1 is 0.925 bits per heavy atom. The summed E-state index contributed by atoms with van der Waals surface area (Å²) >= 11 is 0. The molecule has 13 heteroatoms. The molecule has 5 aromatic rings. The molecule has 0 unspecified atom stereocenters. The number of ether oxygens (including phenoxy) is 2. The Hall–Kier alpha value is -5.04. The van der Waals surface area contributed by atoms with Gasteiger partial charge < -0.3 is 15.2 Å². The lowest BCUT2D eigenvalue weighted by Gasteiger charge is -2.14. The number of nitrogens with zero attached hydrogens (tertiary/aromatic N) is 3. The number of sulfonamides is 1. The van der Waals surface area contributed by atoms with Crippen LogP contribution in [0, 0.1) is 11.6 Å². The van der Waals surface area contributed by atoms with Crippen molar-refractivity contribution in [2.45, 2.75) is 4.90 Å². The van der Waals surface area contributed by atoms with Crippen LogP contribution in [0.25, 0.3) is 27.7 Å². The van der Waals surface area contributed by atoms with Gasteiger partial charge >= 0.3 is 0 Å². The first-order valence-electron chi connectivity index (χ1n) is 11.6. The van der Waals surface area contributed by atoms with E-state index < -0.39 is 32.1 Å². The first kappa shape index (κ1) is 26.6. The van der Waals surface area contributed by atoms with E-state index in [1.54, 1.807) is 42.5 Å². The average molecular weight is 566 g/mol. The van der Waals surface area contributed by atoms with Crippen LogP contribution in [0.1, 0.15) is 0 Å². The van der Waals surface area contributed by atoms with E-state index in [2.05, 4.69) is 14.7 Å². The number of halogens is 2. The SMILES string of the molecule is COc1ccc(-n2c(N)nc3ccc(-c4cnc(OC)c(NS(=O)(=O)c5ccc(F)cc5F)c4)cc3c2=O)cc1. The van der Waals surface area contributed by atoms with E-state index in [1.165, 1.54) is 31.0 Å². The van der Waals surface area contributed by atoms with Gasteiger partial charge in [-0.25, -0.2) is 31.7 Å². The average Bonchev–Trinajstić information content (AvgIpc) is 2.93. The molecule has 0 bridgehead atoms. The van der Waals surface area contributed by atoms with Crippen LogP contribution in [0.2, 0.25) is 0 Å². The standard InChI is InChI=1S/C27H21F2N5O5S/c1-38-19-7-5-18(6-8-19)34-26(35)20-11-15(3-9-22(20)32-27(34)30)16-12-23(25(39-2)31-14-16)33-40(36,37)24-10-4-17(28)13-21(24)29/h3-14,33H,1-2H3,(H2,30,32). The van der Waals surface area contributed by atoms with Gasteiger partial charge in [0.25, 0.3) is 15.6 Å². The van der Waals surface area contributed by atoms with Crippen LogP contribution >= 0.6 is 0 Å². The summed E-state index contributed by atoms with van der Waals surface area (Å²) in [5, 5.41) is 0.244. The molecule has 0 saturated heterocycles. The van der Waals surface area contributed by atoms with Crippen molar-refractivity contribution in [3.8, 4) is 28.4 Å². The zero-order valence-corrected chi connectivity index (χ0v) is 21.9. The number of benzene rings is 3. The summed E-state index contributed by atoms with van der Waals surface area (Å²) in [5.74, 6) is -1.67. The van der Waals surface area contributed by atoms with Crippen LogP contribution in [0.3, 0.4) is 0 Å². The molecule has 2 heterocycles. The fourth-order valence-corrected chi connectivity index (χ4v) is 5.21. The molecule has 10 nitrogen and oxygen atoms in total. The van der Waals surface area contributed by atoms with E-state index in [4.69, 9.17) is 15.2 Å². The Bertz CT molecular complexity index is 1930. The van der Waals surface area contributed by atoms with Gasteiger partial charge in [-0.3, -0.25) is 9.52 Å². The summed E-state index contributed by atoms with van der Waals surface area (Å²) in [6.07, 6.45) is 1.42. The number of methoxy groups -OCH3 is 2. The van der Waals surface area contributed by atoms with Crippen molar-refractivity contribution >= 4 is 32.6 Å². The topological polar surface area (TPSA) is 138 Å². The number of rotatable bonds is 7. The number of aromatic nitrogens is 3. The Morgan fingerprint density at radius 2 is 1.68 bits per heavy atom. The van der Waals surface area contributed by atoms with E-state index >= 15 is 0 Å². The summed E-state index contributed by atoms with van der Waals surface area (Å²) < 4.78 is 67.1. The molecule has 2 aromatic heterocycles. The predicted molar refractivity (Wildman–Crippen MR) is 145 cm³/mol. The Morgan fingerprint density at radius 3 is 2.35 bits per heavy atom. The Balaban J connectivity index is 1.58. The fraction of sp³-hybridized carbons (Fsp3) is 0.0741. The Kier molecular flexibility index (Phi) is 6.81. The van der Waals surface area contributed by atoms with Gasteiger partial charge in [-0.2, -0.15) is 0 Å². The molecular weight excluding hydrogens is 544 g/mol. The molecule has 0 spiro atoms. The van der Waals surface area contributed by atoms with Crippen LogP contribution in [0.5, 0.6) is 11.6 Å². The van der Waals surface area contributed by atoms with Gasteiger partial charge in [0.2, 0.25) is 11.8 Å². The molecule has 0 radical (unpaired) electrons. The van der Waals surface area contributed by atoms with Crippen molar-refractivity contribution in [3.05, 3.63) is 94.9 Å². The van der Waals surface area contributed by atoms with Crippen molar-refractivity contribution in [2.75, 3.05) is 24.7 Å². The maximum atomic E-state index is 14.2. The number of hydrogen-bond donors (Lipinski definition) is 2. The normalized spacial score (nSPS) is 11.4. The lowest BCUT2D eigenvalue weighted by Crippen LogP contribution is -2.23. The quantitative estimate of drug-likeness (QED) is 0.301. The van der Waals surface area contributed by atoms with Crippen LogP contribution in [0.15, 0.2) is 82.6 Å². The van der Waals surface area contributed by atoms with Crippen LogP contribution in [-0.4, -0.2) is 37.2 Å². The minimum atomic E-state index is -4.48. The van der Waals surface area contributed by atoms with Crippen LogP contribution < -0.4 is 25.5 Å². The highest BCUT2D eigenvalue weighted by Gasteiger charge is 2.22. The molecule has 204 valence electrons. The number of nitrogens with two attached hydrogens (primary N) is 1. The summed E-state index contributed by atoms with van der Waals surface area (Å²) in [5.41, 5.74) is 7.32. The van der Waals surface area contributed by atoms with Crippen molar-refractivity contribution in [1.29, 1.82) is 0 Å². The van der Waals surface area contributed by atoms with E-state index in [-0.39, 0.29) is 22.9 Å². The number of anilines is 2. The first-order valence-corrected chi connectivity index (χ1v) is 13.1. The molecule has 3 N–H and O–H groups in total. The third-order valence-electron chi connectivity index (χ3n) is 6.03. The molecule has 40 heavy (non-hydrogen) atoms. The number of nitrogens with one attached hydrogen (secondary N) is 1. The molecule has 3 aromatic carbocycles. The highest BCUT2D eigenvalue weighted by Crippen LogP contribution is 2.31. The Labute approximate surface area is 226 Å². The maximum absolute atomic E-state index is 14.2. The second kappa shape index (κ2) is 10.3. The molecule has 0 aliphatic heterocycles. The molecule has 0 amide bonds. The van der Waals surface area contributed by atoms with Gasteiger partial charge in [0, 0.05) is 17.8 Å². The zero-order chi connectivity index (χ0) is 28.6. The molecule has 0 fully saturated rings. The fourth-order valence-electron chi connectivity index (χ4n) is 4.10. The second-order valence-electron chi connectivity index (χ2n) is 8.50. The summed E-state index contributed by atoms with van der Waals surface area (Å²) in [6, 6.07) is 15.1. The summed E-state index contributed by atoms with van der Waals surface area (Å²) in [4.78, 5) is 21.2. The van der Waals surface area contributed by atoms with Gasteiger partial charge in [-0.15, -0.1) is 0 Å². The van der Waals surface area contributed by atoms with Crippen LogP contribution in [0.4, 0.5) is 20.4 Å². The van der Waals surface area contributed by atoms with E-state index in [9.17, 15) is 22.0 Å². The largest absolute Gasteiger partial charge is 0.497 e. The first-order chi connectivity index (χ1) is 19.1. The third kappa shape index (κ3) is 4.89. The van der Waals surface area contributed by atoms with Gasteiger partial charge in [0.1, 0.15) is 28.0 Å². The van der Waals surface area contributed by atoms with Gasteiger partial charge in [-0.05, 0) is 60.2 Å². The number of nitrogen functional groups attached to an aromatic ring is 1. The molecular formula is C27H21F2N5O5S. The number of hydrogen-bond acceptors (Lipinski definition) is 8. The van der Waals surface area contributed by atoms with Crippen molar-refractivity contribution in [2.24, 2.45) is 0 Å². The van der Waals surface area contributed by atoms with Crippen LogP contribution in [-0.2, 0) is 10.0 Å². The van der Waals surface area contributed by atoms with Gasteiger partial charge in [0.05, 0.1) is 30.8 Å². The summed E-state index contributed by atoms with van der Waals surface area (Å²) in [6.45, 7) is 0. The van der Waals surface area contributed by atoms with Gasteiger partial charge in [0.15, 0.2) is 0 Å². The maximum Gasteiger partial charge on any atom is 0.267 e. The predicted octanol–water partition coefficient (Wildman–Crippen LogP) is 4.13. The highest BCUT2D eigenvalue weighted by atomic mass is 32.2. The van der Waals surface area contributed by atoms with Crippen molar-refractivity contribution in [1.82, 2.24) is 14.5 Å². The molecule has 5 rings (SSSR count). The lowest BCUT2D eigenvalue weighted by molar-refractivity contribution is 0.400. The number of fused-ring (bicyclic) bond motifs is 1. The van der Waals surface area contributed by atoms with E-state index in [1.807, 2.05) is 0 Å². The lowest BCUT2D eigenvalue weighted by atomic mass is 10.0. The zero-order valence-electron chi connectivity index (χ0n) is 21.1. The molecule has 0 saturated carbocycles. The van der Waals surface area contributed by atoms with E-state index in [0.29, 0.717) is 34.1 Å². The molecule has 0 aliphatic rings. The molecule has 0 aliphatic carbocycles. The minimum Gasteiger partial charge on any atom is -0.497 e. The molecule has 0 atom stereocenters.